The molecule has 0 radical (unpaired) electrons. The molecule has 1 heterocycles. The number of aliphatic hydroxyl groups is 1. The van der Waals surface area contributed by atoms with Crippen LogP contribution in [0.5, 0.6) is 23.0 Å². The SMILES string of the molecule is CCCCCC1C=CC(=O)C2(Cc3ccc(O)c(OC)c3)CCCC2CC#CNC(=NC)Nc2cc(cc(OC3(CNC)CCC(CCOCNCC(C)O)C3)c2O)C12CCCC2. The fourth-order valence-electron chi connectivity index (χ4n) is 11.3. The molecule has 2 aromatic carbocycles. The Kier molecular flexibility index (Phi) is 17.3. The Hall–Kier alpha value is -4.28. The molecule has 6 atom stereocenters. The number of ketones is 1. The standard InChI is InChI=1S/C51H75N5O7/c1-6-7-8-13-40-17-19-46(59)51(32-38-16-18-43(58)44(28-38)61-5)24-11-14-39(51)15-12-26-55-48(53-4)56-42-29-41(50(40)22-9-10-23-50)30-45(47(42)60)63-49(34-52-3)25-20-37(31-49)21-27-62-35-54-33-36(2)57/h16-19,28-30,36-37,39-40,52,54,57-58,60H,6-11,13-15,20-25,27,31-35H2,1-5H3,(H2,53,55,56). The summed E-state index contributed by atoms with van der Waals surface area (Å²) in [5, 5.41) is 45.3. The topological polar surface area (TPSA) is 166 Å². The van der Waals surface area contributed by atoms with E-state index in [4.69, 9.17) is 14.2 Å². The quantitative estimate of drug-likeness (QED) is 0.0335. The molecule has 1 aliphatic heterocycles. The number of aromatic hydroxyl groups is 2. The summed E-state index contributed by atoms with van der Waals surface area (Å²) in [6.07, 6.45) is 19.2. The molecule has 1 spiro atoms. The van der Waals surface area contributed by atoms with E-state index in [2.05, 4.69) is 63.4 Å². The smallest absolute Gasteiger partial charge is 0.207 e. The minimum Gasteiger partial charge on any atom is -0.504 e. The molecule has 6 rings (SSSR count). The van der Waals surface area contributed by atoms with Gasteiger partial charge >= 0.3 is 0 Å². The van der Waals surface area contributed by atoms with Crippen LogP contribution in [0.4, 0.5) is 5.69 Å². The highest BCUT2D eigenvalue weighted by Crippen LogP contribution is 2.54. The number of phenols is 2. The summed E-state index contributed by atoms with van der Waals surface area (Å²) >= 11 is 0. The van der Waals surface area contributed by atoms with Crippen molar-refractivity contribution in [2.45, 2.75) is 140 Å². The molecular weight excluding hydrogens is 795 g/mol. The van der Waals surface area contributed by atoms with Gasteiger partial charge in [-0.15, -0.1) is 0 Å². The van der Waals surface area contributed by atoms with Gasteiger partial charge in [0.1, 0.15) is 5.60 Å². The first kappa shape index (κ1) is 48.2. The Morgan fingerprint density at radius 2 is 1.86 bits per heavy atom. The van der Waals surface area contributed by atoms with E-state index >= 15 is 4.79 Å². The van der Waals surface area contributed by atoms with Crippen molar-refractivity contribution in [3.8, 4) is 35.0 Å². The predicted octanol–water partition coefficient (Wildman–Crippen LogP) is 8.09. The molecule has 346 valence electrons. The number of benzene rings is 2. The number of phenolic OH excluding ortho intramolecular Hbond substituents is 2. The molecule has 6 unspecified atom stereocenters. The van der Waals surface area contributed by atoms with Crippen molar-refractivity contribution in [1.29, 1.82) is 0 Å². The molecule has 2 aromatic rings. The van der Waals surface area contributed by atoms with E-state index in [1.165, 1.54) is 0 Å². The number of hydrogen-bond acceptors (Lipinski definition) is 10. The number of carbonyl (C=O) groups is 1. The zero-order valence-electron chi connectivity index (χ0n) is 38.6. The van der Waals surface area contributed by atoms with E-state index in [1.54, 1.807) is 27.1 Å². The Bertz CT molecular complexity index is 1950. The van der Waals surface area contributed by atoms with Crippen molar-refractivity contribution >= 4 is 17.4 Å². The van der Waals surface area contributed by atoms with Gasteiger partial charge in [0.05, 0.1) is 25.6 Å². The molecule has 3 saturated carbocycles. The van der Waals surface area contributed by atoms with Gasteiger partial charge in [0.15, 0.2) is 28.8 Å². The van der Waals surface area contributed by atoms with Crippen LogP contribution < -0.4 is 30.7 Å². The average Bonchev–Trinajstić information content (AvgIpc) is 4.03. The number of fused-ring (bicyclic) bond motifs is 4. The second-order valence-electron chi connectivity index (χ2n) is 18.9. The Morgan fingerprint density at radius 3 is 2.60 bits per heavy atom. The molecule has 0 saturated heterocycles. The number of aliphatic imine (C=N–C) groups is 1. The van der Waals surface area contributed by atoms with E-state index in [0.717, 1.165) is 107 Å². The van der Waals surface area contributed by atoms with E-state index < -0.39 is 17.1 Å². The third kappa shape index (κ3) is 11.7. The van der Waals surface area contributed by atoms with E-state index in [1.807, 2.05) is 25.3 Å². The first-order valence-corrected chi connectivity index (χ1v) is 23.7. The van der Waals surface area contributed by atoms with E-state index in [0.29, 0.717) is 68.3 Å². The number of aliphatic hydroxyl groups excluding tert-OH is 1. The predicted molar refractivity (Wildman–Crippen MR) is 250 cm³/mol. The maximum atomic E-state index is 15.1. The number of allylic oxidation sites excluding steroid dienone is 2. The number of likely N-dealkylation sites (N-methyl/N-ethyl adjacent to an activating group) is 1. The van der Waals surface area contributed by atoms with E-state index in [9.17, 15) is 15.3 Å². The number of guanidine groups is 1. The van der Waals surface area contributed by atoms with Crippen molar-refractivity contribution < 1.29 is 34.3 Å². The molecule has 3 fully saturated rings. The van der Waals surface area contributed by atoms with Gasteiger partial charge in [-0.05, 0) is 137 Å². The summed E-state index contributed by atoms with van der Waals surface area (Å²) in [6.45, 7) is 6.11. The van der Waals surface area contributed by atoms with Gasteiger partial charge in [-0.1, -0.05) is 63.5 Å². The van der Waals surface area contributed by atoms with Crippen LogP contribution in [0.3, 0.4) is 0 Å². The minimum atomic E-state index is -0.657. The molecule has 7 N–H and O–H groups in total. The number of nitrogens with one attached hydrogen (secondary N) is 4. The lowest BCUT2D eigenvalue weighted by Gasteiger charge is -2.39. The third-order valence-electron chi connectivity index (χ3n) is 14.6. The maximum Gasteiger partial charge on any atom is 0.207 e. The largest absolute Gasteiger partial charge is 0.504 e. The van der Waals surface area contributed by atoms with Crippen molar-refractivity contribution in [2.24, 2.45) is 28.2 Å². The van der Waals surface area contributed by atoms with Crippen LogP contribution in [0, 0.1) is 35.1 Å². The fraction of sp³-hybridized carbons (Fsp3) is 0.647. The highest BCUT2D eigenvalue weighted by atomic mass is 16.5. The lowest BCUT2D eigenvalue weighted by atomic mass is 9.65. The van der Waals surface area contributed by atoms with Gasteiger partial charge in [-0.3, -0.25) is 20.4 Å². The lowest BCUT2D eigenvalue weighted by molar-refractivity contribution is -0.125. The Morgan fingerprint density at radius 1 is 1.03 bits per heavy atom. The summed E-state index contributed by atoms with van der Waals surface area (Å²) < 4.78 is 18.5. The van der Waals surface area contributed by atoms with Crippen molar-refractivity contribution in [1.82, 2.24) is 16.0 Å². The monoisotopic (exact) mass is 870 g/mol. The number of nitrogens with zero attached hydrogens (tertiary/aromatic N) is 1. The first-order chi connectivity index (χ1) is 30.5. The normalized spacial score (nSPS) is 26.8. The number of rotatable bonds is 18. The number of ether oxygens (including phenoxy) is 3. The van der Waals surface area contributed by atoms with Gasteiger partial charge in [0.2, 0.25) is 5.96 Å². The number of unbranched alkanes of at least 4 members (excludes halogenated alkanes) is 2. The Balaban J connectivity index is 1.39. The average molecular weight is 870 g/mol. The minimum absolute atomic E-state index is 0.0326. The van der Waals surface area contributed by atoms with Crippen LogP contribution in [-0.2, 0) is 21.4 Å². The molecular formula is C51H75N5O7. The third-order valence-corrected chi connectivity index (χ3v) is 14.6. The fourth-order valence-corrected chi connectivity index (χ4v) is 11.3. The second kappa shape index (κ2) is 22.6. The van der Waals surface area contributed by atoms with Crippen LogP contribution in [-0.4, -0.2) is 86.4 Å². The summed E-state index contributed by atoms with van der Waals surface area (Å²) in [5.41, 5.74) is 1.08. The van der Waals surface area contributed by atoms with E-state index in [-0.39, 0.29) is 34.5 Å². The summed E-state index contributed by atoms with van der Waals surface area (Å²) in [5.74, 6) is 5.36. The number of anilines is 1. The molecule has 4 aliphatic rings. The van der Waals surface area contributed by atoms with Crippen molar-refractivity contribution in [3.05, 3.63) is 53.6 Å². The molecule has 12 heteroatoms. The summed E-state index contributed by atoms with van der Waals surface area (Å²) in [6, 6.07) is 12.7. The van der Waals surface area contributed by atoms with Gasteiger partial charge < -0.3 is 40.2 Å². The van der Waals surface area contributed by atoms with Crippen LogP contribution in [0.1, 0.15) is 128 Å². The highest BCUT2D eigenvalue weighted by molar-refractivity contribution is 5.97. The van der Waals surface area contributed by atoms with Gasteiger partial charge in [0, 0.05) is 50.0 Å². The zero-order valence-corrected chi connectivity index (χ0v) is 38.6. The van der Waals surface area contributed by atoms with Gasteiger partial charge in [-0.2, -0.15) is 0 Å². The summed E-state index contributed by atoms with van der Waals surface area (Å²) in [4.78, 5) is 19.6. The number of hydrogen-bond donors (Lipinski definition) is 7. The molecule has 12 nitrogen and oxygen atoms in total. The summed E-state index contributed by atoms with van der Waals surface area (Å²) in [7, 11) is 5.20. The number of methoxy groups -OCH3 is 1. The lowest BCUT2D eigenvalue weighted by Crippen LogP contribution is -2.43. The van der Waals surface area contributed by atoms with Crippen LogP contribution >= 0.6 is 0 Å². The second-order valence-corrected chi connectivity index (χ2v) is 18.9. The Labute approximate surface area is 376 Å². The van der Waals surface area contributed by atoms with Crippen LogP contribution in [0.2, 0.25) is 0 Å². The zero-order chi connectivity index (χ0) is 44.9. The van der Waals surface area contributed by atoms with Gasteiger partial charge in [0.25, 0.3) is 0 Å². The van der Waals surface area contributed by atoms with Crippen LogP contribution in [0.15, 0.2) is 47.5 Å². The molecule has 0 amide bonds. The molecule has 63 heavy (non-hydrogen) atoms. The molecule has 2 bridgehead atoms. The van der Waals surface area contributed by atoms with Crippen molar-refractivity contribution in [3.63, 3.8) is 0 Å². The van der Waals surface area contributed by atoms with Crippen molar-refractivity contribution in [2.75, 3.05) is 52.9 Å². The maximum absolute atomic E-state index is 15.1. The molecule has 3 aliphatic carbocycles. The first-order valence-electron chi connectivity index (χ1n) is 23.7. The van der Waals surface area contributed by atoms with Crippen LogP contribution in [0.25, 0.3) is 0 Å². The molecule has 0 aromatic heterocycles. The highest BCUT2D eigenvalue weighted by Gasteiger charge is 2.48. The number of carbonyl (C=O) groups excluding carboxylic acids is 1. The van der Waals surface area contributed by atoms with Gasteiger partial charge in [-0.25, -0.2) is 0 Å².